The average Bonchev–Trinajstić information content (AvgIpc) is 2.76. The highest BCUT2D eigenvalue weighted by atomic mass is 16.2. The maximum atomic E-state index is 12.0. The zero-order valence-electron chi connectivity index (χ0n) is 10.1. The molecule has 0 heterocycles. The Bertz CT molecular complexity index is 473. The third-order valence-electron chi connectivity index (χ3n) is 3.26. The Morgan fingerprint density at radius 3 is 2.67 bits per heavy atom. The Morgan fingerprint density at radius 1 is 1.28 bits per heavy atom. The van der Waals surface area contributed by atoms with E-state index in [1.807, 2.05) is 0 Å². The molecule has 2 atom stereocenters. The molecule has 1 saturated carbocycles. The van der Waals surface area contributed by atoms with Gasteiger partial charge in [0, 0.05) is 23.2 Å². The van der Waals surface area contributed by atoms with Crippen LogP contribution < -0.4 is 16.8 Å². The van der Waals surface area contributed by atoms with Crippen LogP contribution in [0.15, 0.2) is 24.3 Å². The highest BCUT2D eigenvalue weighted by Crippen LogP contribution is 2.25. The van der Waals surface area contributed by atoms with Crippen molar-refractivity contribution in [1.29, 1.82) is 0 Å². The molecule has 0 aromatic heterocycles. The molecule has 1 aromatic carbocycles. The number of nitrogens with one attached hydrogen (secondary N) is 1. The van der Waals surface area contributed by atoms with E-state index in [4.69, 9.17) is 11.5 Å². The summed E-state index contributed by atoms with van der Waals surface area (Å²) in [6.07, 6.45) is 2.43. The molecule has 2 amide bonds. The predicted molar refractivity (Wildman–Crippen MR) is 68.9 cm³/mol. The van der Waals surface area contributed by atoms with E-state index in [9.17, 15) is 9.59 Å². The van der Waals surface area contributed by atoms with Crippen LogP contribution in [0.3, 0.4) is 0 Å². The molecule has 1 aliphatic rings. The topological polar surface area (TPSA) is 98.2 Å². The van der Waals surface area contributed by atoms with Crippen LogP contribution >= 0.6 is 0 Å². The number of hydrogen-bond donors (Lipinski definition) is 3. The Balaban J connectivity index is 2.03. The molecule has 1 aliphatic carbocycles. The number of nitrogens with two attached hydrogens (primary N) is 2. The van der Waals surface area contributed by atoms with E-state index in [1.54, 1.807) is 24.3 Å². The van der Waals surface area contributed by atoms with Crippen molar-refractivity contribution in [2.75, 3.05) is 5.32 Å². The van der Waals surface area contributed by atoms with Crippen LogP contribution in [0.4, 0.5) is 5.69 Å². The highest BCUT2D eigenvalue weighted by molar-refractivity contribution is 5.96. The smallest absolute Gasteiger partial charge is 0.248 e. The van der Waals surface area contributed by atoms with Gasteiger partial charge in [-0.05, 0) is 37.5 Å². The summed E-state index contributed by atoms with van der Waals surface area (Å²) >= 11 is 0. The second-order valence-electron chi connectivity index (χ2n) is 4.70. The van der Waals surface area contributed by atoms with Gasteiger partial charge in [0.2, 0.25) is 11.8 Å². The Kier molecular flexibility index (Phi) is 3.62. The lowest BCUT2D eigenvalue weighted by Gasteiger charge is -2.11. The van der Waals surface area contributed by atoms with Crippen LogP contribution in [0.5, 0.6) is 0 Å². The molecule has 0 radical (unpaired) electrons. The van der Waals surface area contributed by atoms with Gasteiger partial charge in [-0.1, -0.05) is 6.07 Å². The first kappa shape index (κ1) is 12.6. The second kappa shape index (κ2) is 5.18. The molecule has 5 N–H and O–H groups in total. The minimum absolute atomic E-state index is 0.0303. The van der Waals surface area contributed by atoms with E-state index in [0.29, 0.717) is 11.3 Å². The molecule has 0 bridgehead atoms. The normalized spacial score (nSPS) is 22.7. The standard InChI is InChI=1S/C13H17N3O2/c14-10-5-4-9(6-10)13(18)16-11-3-1-2-8(7-11)12(15)17/h1-3,7,9-10H,4-6,14H2,(H2,15,17)(H,16,18). The largest absolute Gasteiger partial charge is 0.366 e. The molecule has 2 rings (SSSR count). The number of primary amides is 1. The van der Waals surface area contributed by atoms with E-state index in [2.05, 4.69) is 5.32 Å². The Hall–Kier alpha value is -1.88. The zero-order valence-corrected chi connectivity index (χ0v) is 10.1. The highest BCUT2D eigenvalue weighted by Gasteiger charge is 2.27. The lowest BCUT2D eigenvalue weighted by Crippen LogP contribution is -2.23. The summed E-state index contributed by atoms with van der Waals surface area (Å²) in [6.45, 7) is 0. The molecule has 0 saturated heterocycles. The number of hydrogen-bond acceptors (Lipinski definition) is 3. The molecule has 1 fully saturated rings. The van der Waals surface area contributed by atoms with Crippen LogP contribution in [-0.2, 0) is 4.79 Å². The maximum Gasteiger partial charge on any atom is 0.248 e. The van der Waals surface area contributed by atoms with Crippen LogP contribution in [0.2, 0.25) is 0 Å². The van der Waals surface area contributed by atoms with Crippen molar-refractivity contribution in [1.82, 2.24) is 0 Å². The number of rotatable bonds is 3. The van der Waals surface area contributed by atoms with Gasteiger partial charge in [-0.3, -0.25) is 9.59 Å². The first-order valence-corrected chi connectivity index (χ1v) is 6.02. The van der Waals surface area contributed by atoms with Gasteiger partial charge in [-0.25, -0.2) is 0 Å². The molecule has 5 nitrogen and oxygen atoms in total. The molecular weight excluding hydrogens is 230 g/mol. The summed E-state index contributed by atoms with van der Waals surface area (Å²) in [7, 11) is 0. The SMILES string of the molecule is NC(=O)c1cccc(NC(=O)C2CCC(N)C2)c1. The molecule has 96 valence electrons. The van der Waals surface area contributed by atoms with Crippen molar-refractivity contribution in [2.45, 2.75) is 25.3 Å². The van der Waals surface area contributed by atoms with Gasteiger partial charge < -0.3 is 16.8 Å². The molecule has 5 heteroatoms. The molecule has 18 heavy (non-hydrogen) atoms. The molecule has 0 spiro atoms. The maximum absolute atomic E-state index is 12.0. The van der Waals surface area contributed by atoms with Crippen molar-refractivity contribution in [3.05, 3.63) is 29.8 Å². The second-order valence-corrected chi connectivity index (χ2v) is 4.70. The van der Waals surface area contributed by atoms with Gasteiger partial charge in [0.15, 0.2) is 0 Å². The van der Waals surface area contributed by atoms with Crippen molar-refractivity contribution in [3.63, 3.8) is 0 Å². The molecular formula is C13H17N3O2. The van der Waals surface area contributed by atoms with Crippen molar-refractivity contribution < 1.29 is 9.59 Å². The quantitative estimate of drug-likeness (QED) is 0.738. The van der Waals surface area contributed by atoms with Crippen molar-refractivity contribution in [2.24, 2.45) is 17.4 Å². The number of carbonyl (C=O) groups is 2. The van der Waals surface area contributed by atoms with Crippen molar-refractivity contribution >= 4 is 17.5 Å². The van der Waals surface area contributed by atoms with Crippen LogP contribution in [0.25, 0.3) is 0 Å². The van der Waals surface area contributed by atoms with Gasteiger partial charge in [0.25, 0.3) is 0 Å². The molecule has 2 unspecified atom stereocenters. The van der Waals surface area contributed by atoms with E-state index in [-0.39, 0.29) is 17.9 Å². The number of amides is 2. The average molecular weight is 247 g/mol. The lowest BCUT2D eigenvalue weighted by molar-refractivity contribution is -0.119. The van der Waals surface area contributed by atoms with E-state index >= 15 is 0 Å². The van der Waals surface area contributed by atoms with Crippen LogP contribution in [-0.4, -0.2) is 17.9 Å². The predicted octanol–water partition coefficient (Wildman–Crippen LogP) is 0.851. The lowest BCUT2D eigenvalue weighted by atomic mass is 10.1. The van der Waals surface area contributed by atoms with Gasteiger partial charge in [-0.15, -0.1) is 0 Å². The molecule has 1 aromatic rings. The summed E-state index contributed by atoms with van der Waals surface area (Å²) in [5, 5.41) is 2.80. The summed E-state index contributed by atoms with van der Waals surface area (Å²) in [6, 6.07) is 6.74. The van der Waals surface area contributed by atoms with Gasteiger partial charge in [0.1, 0.15) is 0 Å². The monoisotopic (exact) mass is 247 g/mol. The summed E-state index contributed by atoms with van der Waals surface area (Å²) in [4.78, 5) is 23.0. The summed E-state index contributed by atoms with van der Waals surface area (Å²) < 4.78 is 0. The van der Waals surface area contributed by atoms with E-state index in [0.717, 1.165) is 19.3 Å². The third-order valence-corrected chi connectivity index (χ3v) is 3.26. The van der Waals surface area contributed by atoms with E-state index < -0.39 is 5.91 Å². The fourth-order valence-electron chi connectivity index (χ4n) is 2.25. The zero-order chi connectivity index (χ0) is 13.1. The number of anilines is 1. The summed E-state index contributed by atoms with van der Waals surface area (Å²) in [5.74, 6) is -0.573. The first-order valence-electron chi connectivity index (χ1n) is 6.02. The van der Waals surface area contributed by atoms with Gasteiger partial charge >= 0.3 is 0 Å². The fraction of sp³-hybridized carbons (Fsp3) is 0.385. The fourth-order valence-corrected chi connectivity index (χ4v) is 2.25. The van der Waals surface area contributed by atoms with Gasteiger partial charge in [-0.2, -0.15) is 0 Å². The number of benzene rings is 1. The Labute approximate surface area is 106 Å². The summed E-state index contributed by atoms with van der Waals surface area (Å²) in [5.41, 5.74) is 11.9. The van der Waals surface area contributed by atoms with Crippen LogP contribution in [0.1, 0.15) is 29.6 Å². The first-order chi connectivity index (χ1) is 8.56. The van der Waals surface area contributed by atoms with Gasteiger partial charge in [0.05, 0.1) is 0 Å². The van der Waals surface area contributed by atoms with Crippen molar-refractivity contribution in [3.8, 4) is 0 Å². The molecule has 0 aliphatic heterocycles. The van der Waals surface area contributed by atoms with Crippen LogP contribution in [0, 0.1) is 5.92 Å². The number of carbonyl (C=O) groups excluding carboxylic acids is 2. The Morgan fingerprint density at radius 2 is 2.06 bits per heavy atom. The van der Waals surface area contributed by atoms with E-state index in [1.165, 1.54) is 0 Å². The minimum Gasteiger partial charge on any atom is -0.366 e. The minimum atomic E-state index is -0.506. The third kappa shape index (κ3) is 2.87.